The summed E-state index contributed by atoms with van der Waals surface area (Å²) < 4.78 is 5.17. The molecule has 3 nitrogen and oxygen atoms in total. The van der Waals surface area contributed by atoms with Gasteiger partial charge in [-0.3, -0.25) is 4.98 Å². The number of aromatic nitrogens is 1. The Bertz CT molecular complexity index is 494. The number of pyridine rings is 1. The highest BCUT2D eigenvalue weighted by atomic mass is 16.5. The average molecular weight is 202 g/mol. The van der Waals surface area contributed by atoms with Gasteiger partial charge in [-0.25, -0.2) is 0 Å². The van der Waals surface area contributed by atoms with Crippen LogP contribution in [0.25, 0.3) is 10.9 Å². The topological polar surface area (TPSA) is 48.1 Å². The molecule has 1 aromatic heterocycles. The summed E-state index contributed by atoms with van der Waals surface area (Å²) in [5, 5.41) is 1.07. The van der Waals surface area contributed by atoms with E-state index >= 15 is 0 Å². The van der Waals surface area contributed by atoms with Crippen LogP contribution in [0.5, 0.6) is 5.75 Å². The van der Waals surface area contributed by atoms with E-state index in [-0.39, 0.29) is 0 Å². The smallest absolute Gasteiger partial charge is 0.119 e. The zero-order valence-electron chi connectivity index (χ0n) is 8.95. The number of ether oxygens (including phenoxy) is 1. The Morgan fingerprint density at radius 2 is 2.13 bits per heavy atom. The molecule has 0 unspecified atom stereocenters. The lowest BCUT2D eigenvalue weighted by molar-refractivity contribution is 0.415. The monoisotopic (exact) mass is 202 g/mol. The predicted molar refractivity (Wildman–Crippen MR) is 60.9 cm³/mol. The van der Waals surface area contributed by atoms with Crippen molar-refractivity contribution in [3.63, 3.8) is 0 Å². The van der Waals surface area contributed by atoms with Crippen LogP contribution >= 0.6 is 0 Å². The van der Waals surface area contributed by atoms with Gasteiger partial charge >= 0.3 is 0 Å². The SMILES string of the molecule is COc1ccc2nc(C)c(CN)cc2c1. The molecular weight excluding hydrogens is 188 g/mol. The number of hydrogen-bond acceptors (Lipinski definition) is 3. The van der Waals surface area contributed by atoms with E-state index in [9.17, 15) is 0 Å². The molecule has 3 heteroatoms. The molecule has 0 saturated carbocycles. The van der Waals surface area contributed by atoms with Gasteiger partial charge in [0.1, 0.15) is 5.75 Å². The van der Waals surface area contributed by atoms with Gasteiger partial charge in [-0.2, -0.15) is 0 Å². The van der Waals surface area contributed by atoms with Crippen molar-refractivity contribution in [3.05, 3.63) is 35.5 Å². The summed E-state index contributed by atoms with van der Waals surface area (Å²) in [7, 11) is 1.66. The number of hydrogen-bond donors (Lipinski definition) is 1. The van der Waals surface area contributed by atoms with Crippen LogP contribution in [0, 0.1) is 6.92 Å². The predicted octanol–water partition coefficient (Wildman–Crippen LogP) is 2.01. The van der Waals surface area contributed by atoms with Gasteiger partial charge in [0.2, 0.25) is 0 Å². The zero-order valence-corrected chi connectivity index (χ0v) is 8.95. The lowest BCUT2D eigenvalue weighted by atomic mass is 10.1. The molecule has 2 rings (SSSR count). The Morgan fingerprint density at radius 3 is 2.80 bits per heavy atom. The van der Waals surface area contributed by atoms with Crippen molar-refractivity contribution in [2.45, 2.75) is 13.5 Å². The van der Waals surface area contributed by atoms with Gasteiger partial charge in [-0.05, 0) is 36.8 Å². The first-order chi connectivity index (χ1) is 7.24. The maximum absolute atomic E-state index is 5.64. The molecule has 78 valence electrons. The van der Waals surface area contributed by atoms with Crippen LogP contribution in [-0.2, 0) is 6.54 Å². The summed E-state index contributed by atoms with van der Waals surface area (Å²) in [5.74, 6) is 0.844. The Balaban J connectivity index is 2.66. The van der Waals surface area contributed by atoms with Crippen LogP contribution < -0.4 is 10.5 Å². The lowest BCUT2D eigenvalue weighted by Crippen LogP contribution is -2.01. The maximum Gasteiger partial charge on any atom is 0.119 e. The molecule has 0 fully saturated rings. The third-order valence-corrected chi connectivity index (χ3v) is 2.54. The minimum absolute atomic E-state index is 0.520. The van der Waals surface area contributed by atoms with Crippen LogP contribution in [0.4, 0.5) is 0 Å². The van der Waals surface area contributed by atoms with Gasteiger partial charge in [0.25, 0.3) is 0 Å². The standard InChI is InChI=1S/C12H14N2O/c1-8-10(7-13)5-9-6-11(15-2)3-4-12(9)14-8/h3-6H,7,13H2,1-2H3. The Kier molecular flexibility index (Phi) is 2.56. The van der Waals surface area contributed by atoms with E-state index in [0.29, 0.717) is 6.54 Å². The van der Waals surface area contributed by atoms with E-state index in [0.717, 1.165) is 27.9 Å². The third kappa shape index (κ3) is 1.78. The number of nitrogens with two attached hydrogens (primary N) is 1. The molecule has 0 amide bonds. The van der Waals surface area contributed by atoms with Gasteiger partial charge in [0.05, 0.1) is 12.6 Å². The van der Waals surface area contributed by atoms with E-state index in [1.54, 1.807) is 7.11 Å². The van der Waals surface area contributed by atoms with Crippen molar-refractivity contribution in [2.75, 3.05) is 7.11 Å². The summed E-state index contributed by atoms with van der Waals surface area (Å²) in [6.07, 6.45) is 0. The number of methoxy groups -OCH3 is 1. The van der Waals surface area contributed by atoms with Gasteiger partial charge in [0.15, 0.2) is 0 Å². The minimum atomic E-state index is 0.520. The van der Waals surface area contributed by atoms with Crippen molar-refractivity contribution in [1.82, 2.24) is 4.98 Å². The summed E-state index contributed by atoms with van der Waals surface area (Å²) in [5.41, 5.74) is 8.69. The van der Waals surface area contributed by atoms with Gasteiger partial charge in [-0.15, -0.1) is 0 Å². The van der Waals surface area contributed by atoms with E-state index in [2.05, 4.69) is 11.1 Å². The molecule has 2 aromatic rings. The highest BCUT2D eigenvalue weighted by molar-refractivity contribution is 5.81. The van der Waals surface area contributed by atoms with Crippen LogP contribution in [0.3, 0.4) is 0 Å². The molecule has 0 atom stereocenters. The van der Waals surface area contributed by atoms with Gasteiger partial charge in [0, 0.05) is 17.6 Å². The van der Waals surface area contributed by atoms with E-state index < -0.39 is 0 Å². The van der Waals surface area contributed by atoms with Crippen molar-refractivity contribution >= 4 is 10.9 Å². The summed E-state index contributed by atoms with van der Waals surface area (Å²) in [4.78, 5) is 4.49. The number of aryl methyl sites for hydroxylation is 1. The third-order valence-electron chi connectivity index (χ3n) is 2.54. The van der Waals surface area contributed by atoms with E-state index in [1.807, 2.05) is 25.1 Å². The quantitative estimate of drug-likeness (QED) is 0.810. The molecule has 15 heavy (non-hydrogen) atoms. The molecule has 2 N–H and O–H groups in total. The Hall–Kier alpha value is -1.61. The second-order valence-corrected chi connectivity index (χ2v) is 3.50. The number of nitrogens with zero attached hydrogens (tertiary/aromatic N) is 1. The number of rotatable bonds is 2. The van der Waals surface area contributed by atoms with Crippen molar-refractivity contribution in [3.8, 4) is 5.75 Å². The van der Waals surface area contributed by atoms with Gasteiger partial charge in [-0.1, -0.05) is 0 Å². The normalized spacial score (nSPS) is 10.6. The molecular formula is C12H14N2O. The Morgan fingerprint density at radius 1 is 1.33 bits per heavy atom. The van der Waals surface area contributed by atoms with Gasteiger partial charge < -0.3 is 10.5 Å². The lowest BCUT2D eigenvalue weighted by Gasteiger charge is -2.06. The summed E-state index contributed by atoms with van der Waals surface area (Å²) >= 11 is 0. The van der Waals surface area contributed by atoms with Crippen LogP contribution in [0.1, 0.15) is 11.3 Å². The highest BCUT2D eigenvalue weighted by Crippen LogP contribution is 2.21. The maximum atomic E-state index is 5.64. The highest BCUT2D eigenvalue weighted by Gasteiger charge is 2.02. The molecule has 0 spiro atoms. The molecule has 0 saturated heterocycles. The number of fused-ring (bicyclic) bond motifs is 1. The first-order valence-corrected chi connectivity index (χ1v) is 4.89. The molecule has 0 aliphatic rings. The largest absolute Gasteiger partial charge is 0.497 e. The fourth-order valence-corrected chi connectivity index (χ4v) is 1.63. The molecule has 0 aliphatic heterocycles. The molecule has 1 heterocycles. The molecule has 0 radical (unpaired) electrons. The molecule has 0 aliphatic carbocycles. The average Bonchev–Trinajstić information content (AvgIpc) is 2.27. The fourth-order valence-electron chi connectivity index (χ4n) is 1.63. The van der Waals surface area contributed by atoms with E-state index in [1.165, 1.54) is 0 Å². The van der Waals surface area contributed by atoms with Crippen LogP contribution in [0.2, 0.25) is 0 Å². The molecule has 1 aromatic carbocycles. The van der Waals surface area contributed by atoms with Crippen molar-refractivity contribution in [1.29, 1.82) is 0 Å². The summed E-state index contributed by atoms with van der Waals surface area (Å²) in [6.45, 7) is 2.50. The fraction of sp³-hybridized carbons (Fsp3) is 0.250. The van der Waals surface area contributed by atoms with Crippen molar-refractivity contribution < 1.29 is 4.74 Å². The van der Waals surface area contributed by atoms with Crippen LogP contribution in [0.15, 0.2) is 24.3 Å². The number of benzene rings is 1. The minimum Gasteiger partial charge on any atom is -0.497 e. The molecule has 0 bridgehead atoms. The Labute approximate surface area is 88.9 Å². The zero-order chi connectivity index (χ0) is 10.8. The first kappa shape index (κ1) is 9.93. The van der Waals surface area contributed by atoms with Crippen LogP contribution in [-0.4, -0.2) is 12.1 Å². The van der Waals surface area contributed by atoms with E-state index in [4.69, 9.17) is 10.5 Å². The van der Waals surface area contributed by atoms with Crippen molar-refractivity contribution in [2.24, 2.45) is 5.73 Å². The first-order valence-electron chi connectivity index (χ1n) is 4.89. The second kappa shape index (κ2) is 3.87. The second-order valence-electron chi connectivity index (χ2n) is 3.50. The summed E-state index contributed by atoms with van der Waals surface area (Å²) in [6, 6.07) is 7.92.